The third-order valence-electron chi connectivity index (χ3n) is 24.6. The zero-order chi connectivity index (χ0) is 87.3. The molecular formula is C101H127Cl3N12O7. The molecule has 22 heteroatoms. The van der Waals surface area contributed by atoms with Gasteiger partial charge in [0.2, 0.25) is 23.6 Å². The SMILES string of the molecule is CC[C@H](CN1CC[C@@H](CNC(=O)c2ccc3cc(Cl)ccc3c2)N[C@@H](CCN(C(C)=O)C(C)C)C1=O)c1ccccc1.CC[C@H](CN1CC[C@@H](CNC(=O)c2ccc3cc(Cl)ccc3c2)N[C@@H](CNC(C)C)C1=O)c1ccccc1.CC[C@H](CN1CC[C@@H](CNC(=O)c2ccccc2-c2ccc(Cl)cc2)N[C@@H](CCN2CCCCC2)C1=O)c1ccccc1. The van der Waals surface area contributed by atoms with Crippen LogP contribution in [0, 0.1) is 0 Å². The van der Waals surface area contributed by atoms with Crippen molar-refractivity contribution in [1.29, 1.82) is 0 Å². The van der Waals surface area contributed by atoms with Crippen LogP contribution >= 0.6 is 34.8 Å². The fraction of sp³-hybridized carbons (Fsp3) is 0.436. The highest BCUT2D eigenvalue weighted by molar-refractivity contribution is 6.32. The maximum Gasteiger partial charge on any atom is 0.251 e. The van der Waals surface area contributed by atoms with E-state index >= 15 is 0 Å². The van der Waals surface area contributed by atoms with Gasteiger partial charge in [0.25, 0.3) is 17.7 Å². The first-order valence-electron chi connectivity index (χ1n) is 44.6. The molecule has 9 atom stereocenters. The van der Waals surface area contributed by atoms with Crippen molar-refractivity contribution in [3.63, 3.8) is 0 Å². The molecule has 4 fully saturated rings. The second kappa shape index (κ2) is 47.5. The lowest BCUT2D eigenvalue weighted by Crippen LogP contribution is -2.54. The maximum atomic E-state index is 14.0. The van der Waals surface area contributed by atoms with Gasteiger partial charge in [0.05, 0.1) is 18.1 Å². The van der Waals surface area contributed by atoms with E-state index in [0.29, 0.717) is 116 Å². The van der Waals surface area contributed by atoms with Crippen molar-refractivity contribution in [2.45, 2.75) is 192 Å². The first kappa shape index (κ1) is 94.1. The number of carbonyl (C=O) groups is 7. The number of amides is 7. The van der Waals surface area contributed by atoms with Gasteiger partial charge in [-0.15, -0.1) is 0 Å². The molecule has 4 saturated heterocycles. The lowest BCUT2D eigenvalue weighted by Gasteiger charge is -2.31. The monoisotopic (exact) mass is 1720 g/mol. The molecule has 4 aliphatic heterocycles. The molecule has 4 aliphatic rings. The molecule has 9 aromatic carbocycles. The number of likely N-dealkylation sites (tertiary alicyclic amines) is 1. The Balaban J connectivity index is 0.000000180. The van der Waals surface area contributed by atoms with Crippen LogP contribution in [0.2, 0.25) is 15.1 Å². The Kier molecular flexibility index (Phi) is 36.4. The van der Waals surface area contributed by atoms with Crippen LogP contribution in [0.3, 0.4) is 0 Å². The summed E-state index contributed by atoms with van der Waals surface area (Å²) in [7, 11) is 0. The van der Waals surface area contributed by atoms with E-state index in [1.807, 2.05) is 169 Å². The van der Waals surface area contributed by atoms with Crippen LogP contribution in [0.1, 0.15) is 192 Å². The highest BCUT2D eigenvalue weighted by atomic mass is 35.5. The van der Waals surface area contributed by atoms with Crippen molar-refractivity contribution in [3.8, 4) is 11.1 Å². The van der Waals surface area contributed by atoms with E-state index in [-0.39, 0.29) is 95.5 Å². The second-order valence-electron chi connectivity index (χ2n) is 34.0. The molecule has 0 aromatic heterocycles. The first-order chi connectivity index (χ1) is 59.5. The fourth-order valence-electron chi connectivity index (χ4n) is 17.3. The van der Waals surface area contributed by atoms with Crippen LogP contribution in [-0.4, -0.2) is 206 Å². The fourth-order valence-corrected chi connectivity index (χ4v) is 17.8. The number of halogens is 3. The smallest absolute Gasteiger partial charge is 0.251 e. The number of carbonyl (C=O) groups excluding carboxylic acids is 7. The first-order valence-corrected chi connectivity index (χ1v) is 45.7. The van der Waals surface area contributed by atoms with Crippen LogP contribution in [0.15, 0.2) is 212 Å². The molecule has 654 valence electrons. The van der Waals surface area contributed by atoms with E-state index in [9.17, 15) is 33.6 Å². The van der Waals surface area contributed by atoms with Crippen LogP contribution in [-0.2, 0) is 19.2 Å². The van der Waals surface area contributed by atoms with E-state index in [1.54, 1.807) is 17.9 Å². The van der Waals surface area contributed by atoms with Gasteiger partial charge in [-0.2, -0.15) is 0 Å². The van der Waals surface area contributed by atoms with Crippen LogP contribution in [0.5, 0.6) is 0 Å². The van der Waals surface area contributed by atoms with Gasteiger partial charge in [-0.1, -0.05) is 221 Å². The number of nitrogens with zero attached hydrogens (tertiary/aromatic N) is 5. The summed E-state index contributed by atoms with van der Waals surface area (Å²) < 4.78 is 0. The Hall–Kier alpha value is -9.54. The molecule has 0 saturated carbocycles. The number of hydrogen-bond acceptors (Lipinski definition) is 12. The van der Waals surface area contributed by atoms with E-state index in [1.165, 1.54) is 36.0 Å². The molecule has 19 nitrogen and oxygen atoms in total. The molecule has 13 rings (SSSR count). The molecule has 0 aliphatic carbocycles. The summed E-state index contributed by atoms with van der Waals surface area (Å²) in [4.78, 5) is 104. The average Bonchev–Trinajstić information content (AvgIpc) is 1.12. The van der Waals surface area contributed by atoms with Crippen molar-refractivity contribution in [2.24, 2.45) is 0 Å². The van der Waals surface area contributed by atoms with Crippen LogP contribution in [0.4, 0.5) is 0 Å². The standard InChI is InChI=1S/C36H45ClN4O2.C34H43ClN4O3.C31H39ClN4O2/c1-2-27(28-11-5-3-6-12-28)26-41-24-19-31(39-34(36(41)43)20-23-40-21-9-4-10-22-40)25-38-35(42)33-14-8-7-13-32(33)29-15-17-30(37)18-16-29;1-5-25(26-9-7-6-8-10-26)22-38-17-15-31(37-32(34(38)42)16-18-39(23(2)3)24(4)40)21-36-33(41)29-12-11-28-20-30(35)14-13-27(28)19-29;1-4-22(23-8-6-5-7-9-23)20-36-15-14-28(35-29(31(36)38)19-33-21(2)3)18-34-30(37)26-11-10-25-17-27(32)13-12-24(25)16-26/h3,5-8,11-18,27,31,34,39H,2,4,9-10,19-26H2,1H3,(H,38,42);6-14,19-20,23,25,31-32,37H,5,15-18,21-22H2,1-4H3,(H,36,41);5-13,16-17,21-22,28-29,33,35H,4,14-15,18-20H2,1-3H3,(H,34,37)/t27-,31+,34+;25-,31+,32+;22-,28+,29+/m111/s1. The van der Waals surface area contributed by atoms with E-state index in [0.717, 1.165) is 97.4 Å². The molecule has 0 spiro atoms. The third-order valence-corrected chi connectivity index (χ3v) is 25.3. The Morgan fingerprint density at radius 3 is 1.25 bits per heavy atom. The summed E-state index contributed by atoms with van der Waals surface area (Å²) >= 11 is 18.3. The van der Waals surface area contributed by atoms with Crippen LogP contribution in [0.25, 0.3) is 32.7 Å². The van der Waals surface area contributed by atoms with E-state index < -0.39 is 6.04 Å². The van der Waals surface area contributed by atoms with E-state index in [2.05, 4.69) is 142 Å². The van der Waals surface area contributed by atoms with Crippen molar-refractivity contribution < 1.29 is 33.6 Å². The number of rotatable bonds is 32. The van der Waals surface area contributed by atoms with Gasteiger partial charge in [0.1, 0.15) is 0 Å². The predicted molar refractivity (Wildman–Crippen MR) is 501 cm³/mol. The summed E-state index contributed by atoms with van der Waals surface area (Å²) in [6.07, 6.45) is 10.2. The van der Waals surface area contributed by atoms with Gasteiger partial charge in [0.15, 0.2) is 0 Å². The number of hydrogen-bond donors (Lipinski definition) is 7. The third kappa shape index (κ3) is 27.7. The summed E-state index contributed by atoms with van der Waals surface area (Å²) in [5.74, 6) is 0.796. The highest BCUT2D eigenvalue weighted by Gasteiger charge is 2.37. The van der Waals surface area contributed by atoms with Crippen LogP contribution < -0.4 is 37.2 Å². The minimum absolute atomic E-state index is 0.000443. The van der Waals surface area contributed by atoms with Gasteiger partial charge in [-0.05, 0) is 207 Å². The summed E-state index contributed by atoms with van der Waals surface area (Å²) in [6.45, 7) is 25.7. The molecule has 0 bridgehead atoms. The summed E-state index contributed by atoms with van der Waals surface area (Å²) in [6, 6.07) is 68.1. The molecule has 9 aromatic rings. The van der Waals surface area contributed by atoms with Gasteiger partial charge in [-0.3, -0.25) is 33.6 Å². The van der Waals surface area contributed by atoms with Gasteiger partial charge < -0.3 is 61.7 Å². The molecule has 0 radical (unpaired) electrons. The highest BCUT2D eigenvalue weighted by Crippen LogP contribution is 2.31. The second-order valence-corrected chi connectivity index (χ2v) is 35.3. The van der Waals surface area contributed by atoms with Crippen molar-refractivity contribution in [2.75, 3.05) is 91.6 Å². The molecule has 7 amide bonds. The minimum atomic E-state index is -0.450. The number of fused-ring (bicyclic) bond motifs is 2. The largest absolute Gasteiger partial charge is 0.350 e. The maximum absolute atomic E-state index is 14.0. The Morgan fingerprint density at radius 1 is 0.431 bits per heavy atom. The van der Waals surface area contributed by atoms with Crippen molar-refractivity contribution >= 4 is 97.7 Å². The number of benzene rings is 9. The number of nitrogens with one attached hydrogen (secondary N) is 7. The normalized spacial score (nSPS) is 19.2. The topological polar surface area (TPSA) is 220 Å². The minimum Gasteiger partial charge on any atom is -0.350 e. The van der Waals surface area contributed by atoms with E-state index in [4.69, 9.17) is 34.8 Å². The Morgan fingerprint density at radius 2 is 0.821 bits per heavy atom. The van der Waals surface area contributed by atoms with Gasteiger partial charge >= 0.3 is 0 Å². The zero-order valence-electron chi connectivity index (χ0n) is 73.0. The molecule has 123 heavy (non-hydrogen) atoms. The molecule has 0 unspecified atom stereocenters. The number of piperidine rings is 1. The van der Waals surface area contributed by atoms with Gasteiger partial charge in [0, 0.05) is 165 Å². The Labute approximate surface area is 743 Å². The average molecular weight is 1730 g/mol. The Bertz CT molecular complexity index is 4910. The lowest BCUT2D eigenvalue weighted by molar-refractivity contribution is -0.135. The summed E-state index contributed by atoms with van der Waals surface area (Å²) in [5, 5.41) is 29.4. The zero-order valence-corrected chi connectivity index (χ0v) is 75.2. The quantitative estimate of drug-likeness (QED) is 0.0209. The van der Waals surface area contributed by atoms with Crippen molar-refractivity contribution in [3.05, 3.63) is 261 Å². The summed E-state index contributed by atoms with van der Waals surface area (Å²) in [5.41, 5.74) is 7.41. The van der Waals surface area contributed by atoms with Crippen molar-refractivity contribution in [1.82, 2.24) is 61.7 Å². The molecular weight excluding hydrogens is 1600 g/mol. The molecule has 7 N–H and O–H groups in total. The van der Waals surface area contributed by atoms with Gasteiger partial charge in [-0.25, -0.2) is 0 Å². The lowest BCUT2D eigenvalue weighted by atomic mass is 9.95. The molecule has 4 heterocycles. The predicted octanol–water partition coefficient (Wildman–Crippen LogP) is 17.0.